The number of hydrogen-bond acceptors (Lipinski definition) is 2. The molecule has 0 spiro atoms. The van der Waals surface area contributed by atoms with Crippen molar-refractivity contribution in [2.24, 2.45) is 0 Å². The minimum atomic E-state index is 0.824. The summed E-state index contributed by atoms with van der Waals surface area (Å²) in [6, 6.07) is 0.824. The Morgan fingerprint density at radius 1 is 1.50 bits per heavy atom. The Labute approximate surface area is 69.2 Å². The number of rotatable bonds is 1. The van der Waals surface area contributed by atoms with E-state index in [1.54, 1.807) is 0 Å². The smallest absolute Gasteiger partial charge is 0.0447 e. The first-order valence-electron chi connectivity index (χ1n) is 4.16. The third-order valence-corrected chi connectivity index (χ3v) is 2.88. The Bertz CT molecular complexity index is 75.7. The third kappa shape index (κ3) is 2.93. The molecule has 2 heteroatoms. The molecule has 0 aromatic carbocycles. The van der Waals surface area contributed by atoms with Crippen LogP contribution in [0.15, 0.2) is 0 Å². The van der Waals surface area contributed by atoms with Crippen LogP contribution >= 0.6 is 11.8 Å². The first-order valence-corrected chi connectivity index (χ1v) is 5.32. The summed E-state index contributed by atoms with van der Waals surface area (Å²) in [6.07, 6.45) is 0. The van der Waals surface area contributed by atoms with E-state index >= 15 is 0 Å². The fourth-order valence-electron chi connectivity index (χ4n) is 0.976. The van der Waals surface area contributed by atoms with Gasteiger partial charge in [0.1, 0.15) is 0 Å². The molecule has 1 atom stereocenters. The molecule has 0 saturated carbocycles. The average molecular weight is 161 g/mol. The lowest BCUT2D eigenvalue weighted by atomic mass is 10.3. The SMILES string of the molecule is CC.CCN1CSCC1C. The normalized spacial score (nSPS) is 25.8. The van der Waals surface area contributed by atoms with Crippen LogP contribution in [-0.4, -0.2) is 29.1 Å². The molecule has 1 nitrogen and oxygen atoms in total. The number of nitrogens with zero attached hydrogens (tertiary/aromatic N) is 1. The van der Waals surface area contributed by atoms with Gasteiger partial charge in [0.05, 0.1) is 0 Å². The van der Waals surface area contributed by atoms with Crippen LogP contribution in [-0.2, 0) is 0 Å². The van der Waals surface area contributed by atoms with Gasteiger partial charge in [0, 0.05) is 17.7 Å². The van der Waals surface area contributed by atoms with Crippen LogP contribution < -0.4 is 0 Å². The molecule has 0 amide bonds. The van der Waals surface area contributed by atoms with Gasteiger partial charge in [-0.05, 0) is 13.5 Å². The zero-order valence-electron chi connectivity index (χ0n) is 7.55. The van der Waals surface area contributed by atoms with E-state index in [0.29, 0.717) is 0 Å². The summed E-state index contributed by atoms with van der Waals surface area (Å²) in [5.74, 6) is 2.57. The van der Waals surface area contributed by atoms with Gasteiger partial charge in [0.25, 0.3) is 0 Å². The number of hydrogen-bond donors (Lipinski definition) is 0. The van der Waals surface area contributed by atoms with Gasteiger partial charge in [-0.15, -0.1) is 11.8 Å². The van der Waals surface area contributed by atoms with Gasteiger partial charge < -0.3 is 0 Å². The standard InChI is InChI=1S/C6H13NS.C2H6/c1-3-7-5-8-4-6(7)2;1-2/h6H,3-5H2,1-2H3;1-2H3. The topological polar surface area (TPSA) is 3.24 Å². The van der Waals surface area contributed by atoms with Gasteiger partial charge in [-0.3, -0.25) is 4.90 Å². The molecule has 0 bridgehead atoms. The van der Waals surface area contributed by atoms with Crippen molar-refractivity contribution >= 4 is 11.8 Å². The molecule has 62 valence electrons. The van der Waals surface area contributed by atoms with Crippen molar-refractivity contribution in [2.75, 3.05) is 18.2 Å². The number of thioether (sulfide) groups is 1. The fourth-order valence-corrected chi connectivity index (χ4v) is 2.31. The predicted octanol–water partition coefficient (Wildman–Crippen LogP) is 2.43. The maximum atomic E-state index is 2.49. The lowest BCUT2D eigenvalue weighted by molar-refractivity contribution is 0.296. The van der Waals surface area contributed by atoms with Gasteiger partial charge in [-0.1, -0.05) is 20.8 Å². The molecule has 1 fully saturated rings. The molecule has 0 aromatic rings. The highest BCUT2D eigenvalue weighted by atomic mass is 32.2. The zero-order valence-corrected chi connectivity index (χ0v) is 8.37. The van der Waals surface area contributed by atoms with E-state index in [1.165, 1.54) is 18.2 Å². The molecular formula is C8H19NS. The van der Waals surface area contributed by atoms with Crippen molar-refractivity contribution in [1.82, 2.24) is 4.90 Å². The van der Waals surface area contributed by atoms with Crippen molar-refractivity contribution in [3.05, 3.63) is 0 Å². The summed E-state index contributed by atoms with van der Waals surface area (Å²) in [4.78, 5) is 2.49. The van der Waals surface area contributed by atoms with E-state index in [1.807, 2.05) is 25.6 Å². The molecule has 1 heterocycles. The summed E-state index contributed by atoms with van der Waals surface area (Å²) in [5.41, 5.74) is 0. The predicted molar refractivity (Wildman–Crippen MR) is 50.5 cm³/mol. The minimum Gasteiger partial charge on any atom is -0.291 e. The Balaban J connectivity index is 0.000000371. The molecular weight excluding hydrogens is 142 g/mol. The molecule has 1 aliphatic heterocycles. The molecule has 1 saturated heterocycles. The first kappa shape index (κ1) is 10.3. The minimum absolute atomic E-state index is 0.824. The second-order valence-electron chi connectivity index (χ2n) is 2.25. The van der Waals surface area contributed by atoms with Gasteiger partial charge in [0.15, 0.2) is 0 Å². The Morgan fingerprint density at radius 2 is 2.10 bits per heavy atom. The van der Waals surface area contributed by atoms with Crippen LogP contribution in [0.4, 0.5) is 0 Å². The maximum absolute atomic E-state index is 2.49. The van der Waals surface area contributed by atoms with E-state index in [0.717, 1.165) is 6.04 Å². The summed E-state index contributed by atoms with van der Waals surface area (Å²) in [5, 5.41) is 0. The van der Waals surface area contributed by atoms with Gasteiger partial charge in [0.2, 0.25) is 0 Å². The maximum Gasteiger partial charge on any atom is 0.0447 e. The third-order valence-electron chi connectivity index (χ3n) is 1.65. The molecule has 1 unspecified atom stereocenters. The molecule has 0 aliphatic carbocycles. The molecule has 0 radical (unpaired) electrons. The van der Waals surface area contributed by atoms with Crippen LogP contribution in [0, 0.1) is 0 Å². The summed E-state index contributed by atoms with van der Waals surface area (Å²) < 4.78 is 0. The van der Waals surface area contributed by atoms with Crippen LogP contribution in [0.25, 0.3) is 0 Å². The van der Waals surface area contributed by atoms with Crippen molar-refractivity contribution in [3.8, 4) is 0 Å². The van der Waals surface area contributed by atoms with Crippen molar-refractivity contribution in [1.29, 1.82) is 0 Å². The van der Waals surface area contributed by atoms with Crippen LogP contribution in [0.2, 0.25) is 0 Å². The van der Waals surface area contributed by atoms with Gasteiger partial charge in [-0.2, -0.15) is 0 Å². The van der Waals surface area contributed by atoms with Crippen LogP contribution in [0.1, 0.15) is 27.7 Å². The molecule has 1 rings (SSSR count). The van der Waals surface area contributed by atoms with Crippen LogP contribution in [0.3, 0.4) is 0 Å². The zero-order chi connectivity index (χ0) is 7.98. The summed E-state index contributed by atoms with van der Waals surface area (Å²) in [7, 11) is 0. The highest BCUT2D eigenvalue weighted by molar-refractivity contribution is 7.99. The Hall–Kier alpha value is 0.310. The molecule has 0 N–H and O–H groups in total. The highest BCUT2D eigenvalue weighted by Gasteiger charge is 2.17. The van der Waals surface area contributed by atoms with E-state index in [9.17, 15) is 0 Å². The van der Waals surface area contributed by atoms with Gasteiger partial charge >= 0.3 is 0 Å². The molecule has 1 aliphatic rings. The largest absolute Gasteiger partial charge is 0.291 e. The highest BCUT2D eigenvalue weighted by Crippen LogP contribution is 2.18. The fraction of sp³-hybridized carbons (Fsp3) is 1.00. The molecule has 0 aromatic heterocycles. The average Bonchev–Trinajstić information content (AvgIpc) is 2.39. The Morgan fingerprint density at radius 3 is 2.30 bits per heavy atom. The lowest BCUT2D eigenvalue weighted by Crippen LogP contribution is -2.27. The summed E-state index contributed by atoms with van der Waals surface area (Å²) >= 11 is 2.04. The summed E-state index contributed by atoms with van der Waals surface area (Å²) in [6.45, 7) is 9.74. The first-order chi connectivity index (χ1) is 4.84. The van der Waals surface area contributed by atoms with Crippen molar-refractivity contribution < 1.29 is 0 Å². The van der Waals surface area contributed by atoms with Crippen molar-refractivity contribution in [2.45, 2.75) is 33.7 Å². The quantitative estimate of drug-likeness (QED) is 0.581. The van der Waals surface area contributed by atoms with Crippen molar-refractivity contribution in [3.63, 3.8) is 0 Å². The molecule has 10 heavy (non-hydrogen) atoms. The Kier molecular flexibility index (Phi) is 6.24. The monoisotopic (exact) mass is 161 g/mol. The van der Waals surface area contributed by atoms with Gasteiger partial charge in [-0.25, -0.2) is 0 Å². The van der Waals surface area contributed by atoms with E-state index < -0.39 is 0 Å². The van der Waals surface area contributed by atoms with E-state index in [4.69, 9.17) is 0 Å². The second kappa shape index (κ2) is 6.05. The second-order valence-corrected chi connectivity index (χ2v) is 3.25. The van der Waals surface area contributed by atoms with E-state index in [-0.39, 0.29) is 0 Å². The lowest BCUT2D eigenvalue weighted by Gasteiger charge is -2.16. The van der Waals surface area contributed by atoms with E-state index in [2.05, 4.69) is 18.7 Å². The van der Waals surface area contributed by atoms with Crippen LogP contribution in [0.5, 0.6) is 0 Å².